The number of nitrogens with two attached hydrogens (primary N) is 1. The summed E-state index contributed by atoms with van der Waals surface area (Å²) in [6.45, 7) is 0. The van der Waals surface area contributed by atoms with Gasteiger partial charge in [-0.15, -0.1) is 0 Å². The molecule has 0 atom stereocenters. The fourth-order valence-corrected chi connectivity index (χ4v) is 3.56. The molecule has 0 unspecified atom stereocenters. The molecular formula is C20H20ClFN4O. The molecule has 4 rings (SSSR count). The van der Waals surface area contributed by atoms with Gasteiger partial charge in [0.2, 0.25) is 0 Å². The molecule has 1 fully saturated rings. The molecule has 3 aromatic rings. The van der Waals surface area contributed by atoms with Gasteiger partial charge in [-0.1, -0.05) is 18.0 Å². The van der Waals surface area contributed by atoms with Crippen LogP contribution in [-0.2, 0) is 0 Å². The van der Waals surface area contributed by atoms with Gasteiger partial charge in [-0.3, -0.25) is 0 Å². The lowest BCUT2D eigenvalue weighted by Gasteiger charge is -2.24. The van der Waals surface area contributed by atoms with Crippen molar-refractivity contribution in [2.24, 2.45) is 0 Å². The van der Waals surface area contributed by atoms with Crippen molar-refractivity contribution in [3.63, 3.8) is 0 Å². The van der Waals surface area contributed by atoms with E-state index in [4.69, 9.17) is 22.1 Å². The van der Waals surface area contributed by atoms with Crippen LogP contribution in [0.15, 0.2) is 36.7 Å². The quantitative estimate of drug-likeness (QED) is 0.582. The van der Waals surface area contributed by atoms with Gasteiger partial charge < -0.3 is 15.8 Å². The van der Waals surface area contributed by atoms with Crippen molar-refractivity contribution in [3.05, 3.63) is 47.5 Å². The normalized spacial score (nSPS) is 15.0. The van der Waals surface area contributed by atoms with Gasteiger partial charge in [0.05, 0.1) is 22.3 Å². The lowest BCUT2D eigenvalue weighted by molar-refractivity contribution is 0.156. The van der Waals surface area contributed by atoms with Crippen molar-refractivity contribution >= 4 is 39.7 Å². The van der Waals surface area contributed by atoms with Crippen LogP contribution in [0.3, 0.4) is 0 Å². The molecule has 5 nitrogen and oxygen atoms in total. The van der Waals surface area contributed by atoms with Crippen LogP contribution in [0.1, 0.15) is 32.1 Å². The van der Waals surface area contributed by atoms with Gasteiger partial charge in [0.25, 0.3) is 0 Å². The minimum absolute atomic E-state index is 0.0426. The Hall–Kier alpha value is -2.60. The van der Waals surface area contributed by atoms with Gasteiger partial charge in [-0.25, -0.2) is 14.4 Å². The number of halogens is 2. The first kappa shape index (κ1) is 17.8. The molecule has 1 aliphatic carbocycles. The first-order valence-corrected chi connectivity index (χ1v) is 9.41. The van der Waals surface area contributed by atoms with E-state index in [0.29, 0.717) is 22.9 Å². The average molecular weight is 387 g/mol. The van der Waals surface area contributed by atoms with Crippen molar-refractivity contribution in [2.75, 3.05) is 11.1 Å². The maximum atomic E-state index is 13.4. The van der Waals surface area contributed by atoms with E-state index in [2.05, 4.69) is 15.3 Å². The van der Waals surface area contributed by atoms with Crippen molar-refractivity contribution in [3.8, 4) is 5.75 Å². The number of ether oxygens (including phenoxy) is 1. The molecule has 1 saturated carbocycles. The van der Waals surface area contributed by atoms with Crippen LogP contribution in [0.5, 0.6) is 5.75 Å². The second-order valence-corrected chi connectivity index (χ2v) is 7.17. The van der Waals surface area contributed by atoms with Crippen molar-refractivity contribution < 1.29 is 9.13 Å². The summed E-state index contributed by atoms with van der Waals surface area (Å²) in [5.74, 6) is 0.756. The molecule has 1 heterocycles. The van der Waals surface area contributed by atoms with Gasteiger partial charge >= 0.3 is 0 Å². The monoisotopic (exact) mass is 386 g/mol. The molecule has 2 aromatic carbocycles. The Labute approximate surface area is 161 Å². The van der Waals surface area contributed by atoms with E-state index in [1.807, 2.05) is 6.07 Å². The third-order valence-corrected chi connectivity index (χ3v) is 5.08. The molecule has 1 aliphatic rings. The zero-order chi connectivity index (χ0) is 18.8. The first-order valence-electron chi connectivity index (χ1n) is 9.03. The highest BCUT2D eigenvalue weighted by atomic mass is 35.5. The van der Waals surface area contributed by atoms with Gasteiger partial charge in [-0.2, -0.15) is 0 Å². The minimum Gasteiger partial charge on any atom is -0.488 e. The molecule has 3 N–H and O–H groups in total. The molecule has 0 amide bonds. The van der Waals surface area contributed by atoms with E-state index < -0.39 is 5.82 Å². The van der Waals surface area contributed by atoms with Crippen LogP contribution >= 0.6 is 11.6 Å². The summed E-state index contributed by atoms with van der Waals surface area (Å²) >= 11 is 5.85. The molecular weight excluding hydrogens is 367 g/mol. The zero-order valence-electron chi connectivity index (χ0n) is 14.7. The lowest BCUT2D eigenvalue weighted by Crippen LogP contribution is -2.20. The maximum Gasteiger partial charge on any atom is 0.144 e. The smallest absolute Gasteiger partial charge is 0.144 e. The zero-order valence-corrected chi connectivity index (χ0v) is 15.5. The van der Waals surface area contributed by atoms with Crippen molar-refractivity contribution in [1.82, 2.24) is 9.97 Å². The number of anilines is 3. The molecule has 1 aromatic heterocycles. The molecule has 0 radical (unpaired) electrons. The number of hydrogen-bond donors (Lipinski definition) is 2. The Kier molecular flexibility index (Phi) is 4.99. The van der Waals surface area contributed by atoms with E-state index in [-0.39, 0.29) is 11.1 Å². The second kappa shape index (κ2) is 7.56. The van der Waals surface area contributed by atoms with Gasteiger partial charge in [0.1, 0.15) is 23.7 Å². The van der Waals surface area contributed by atoms with Crippen LogP contribution in [0.4, 0.5) is 21.6 Å². The number of fused-ring (bicyclic) bond motifs is 1. The van der Waals surface area contributed by atoms with E-state index >= 15 is 0 Å². The summed E-state index contributed by atoms with van der Waals surface area (Å²) in [7, 11) is 0. The van der Waals surface area contributed by atoms with E-state index in [9.17, 15) is 4.39 Å². The molecule has 0 aliphatic heterocycles. The Morgan fingerprint density at radius 2 is 1.93 bits per heavy atom. The molecule has 0 spiro atoms. The molecule has 0 bridgehead atoms. The number of nitrogens with zero attached hydrogens (tertiary/aromatic N) is 2. The van der Waals surface area contributed by atoms with Crippen LogP contribution in [0, 0.1) is 5.82 Å². The number of aromatic nitrogens is 2. The summed E-state index contributed by atoms with van der Waals surface area (Å²) in [5.41, 5.74) is 8.13. The highest BCUT2D eigenvalue weighted by Crippen LogP contribution is 2.34. The Morgan fingerprint density at radius 1 is 1.11 bits per heavy atom. The fraction of sp³-hybridized carbons (Fsp3) is 0.300. The maximum absolute atomic E-state index is 13.4. The summed E-state index contributed by atoms with van der Waals surface area (Å²) in [6, 6.07) is 8.07. The Balaban J connectivity index is 1.64. The van der Waals surface area contributed by atoms with Crippen LogP contribution < -0.4 is 15.8 Å². The highest BCUT2D eigenvalue weighted by molar-refractivity contribution is 6.31. The van der Waals surface area contributed by atoms with E-state index in [1.54, 1.807) is 12.1 Å². The molecule has 0 saturated heterocycles. The van der Waals surface area contributed by atoms with E-state index in [1.165, 1.54) is 37.7 Å². The van der Waals surface area contributed by atoms with Gasteiger partial charge in [-0.05, 0) is 49.9 Å². The highest BCUT2D eigenvalue weighted by Gasteiger charge is 2.17. The van der Waals surface area contributed by atoms with Crippen molar-refractivity contribution in [1.29, 1.82) is 0 Å². The third kappa shape index (κ3) is 3.90. The lowest BCUT2D eigenvalue weighted by atomic mass is 9.98. The molecule has 140 valence electrons. The average Bonchev–Trinajstić information content (AvgIpc) is 2.67. The predicted molar refractivity (Wildman–Crippen MR) is 106 cm³/mol. The van der Waals surface area contributed by atoms with Gasteiger partial charge in [0, 0.05) is 17.1 Å². The molecule has 27 heavy (non-hydrogen) atoms. The fourth-order valence-electron chi connectivity index (χ4n) is 3.38. The predicted octanol–water partition coefficient (Wildman–Crippen LogP) is 5.46. The largest absolute Gasteiger partial charge is 0.488 e. The van der Waals surface area contributed by atoms with Gasteiger partial charge in [0.15, 0.2) is 0 Å². The van der Waals surface area contributed by atoms with E-state index in [0.717, 1.165) is 23.7 Å². The SMILES string of the molecule is Nc1cc2c(Nc3ccc(F)c(Cl)c3)ncnc2cc1OC1CCCCC1. The Morgan fingerprint density at radius 3 is 2.70 bits per heavy atom. The standard InChI is InChI=1S/C20H20ClFN4O/c21-15-8-12(6-7-16(15)22)26-20-14-9-17(23)19(10-18(14)24-11-25-20)27-13-4-2-1-3-5-13/h6-11,13H,1-5,23H2,(H,24,25,26). The summed E-state index contributed by atoms with van der Waals surface area (Å²) in [5, 5.41) is 3.94. The minimum atomic E-state index is -0.469. The summed E-state index contributed by atoms with van der Waals surface area (Å²) in [4.78, 5) is 8.62. The number of hydrogen-bond acceptors (Lipinski definition) is 5. The topological polar surface area (TPSA) is 73.1 Å². The number of nitrogens with one attached hydrogen (secondary N) is 1. The van der Waals surface area contributed by atoms with Crippen LogP contribution in [0.2, 0.25) is 5.02 Å². The number of benzene rings is 2. The number of rotatable bonds is 4. The second-order valence-electron chi connectivity index (χ2n) is 6.76. The number of nitrogen functional groups attached to an aromatic ring is 1. The van der Waals surface area contributed by atoms with Crippen molar-refractivity contribution in [2.45, 2.75) is 38.2 Å². The molecule has 7 heteroatoms. The van der Waals surface area contributed by atoms with Crippen LogP contribution in [-0.4, -0.2) is 16.1 Å². The summed E-state index contributed by atoms with van der Waals surface area (Å²) in [6.07, 6.45) is 7.43. The summed E-state index contributed by atoms with van der Waals surface area (Å²) < 4.78 is 19.5. The Bertz CT molecular complexity index is 976. The van der Waals surface area contributed by atoms with Crippen LogP contribution in [0.25, 0.3) is 10.9 Å². The third-order valence-electron chi connectivity index (χ3n) is 4.80. The first-order chi connectivity index (χ1) is 13.1.